The van der Waals surface area contributed by atoms with E-state index in [0.29, 0.717) is 22.8 Å². The van der Waals surface area contributed by atoms with Crippen LogP contribution >= 0.6 is 0 Å². The maximum Gasteiger partial charge on any atom is 0.335 e. The summed E-state index contributed by atoms with van der Waals surface area (Å²) in [6.45, 7) is 9.35. The highest BCUT2D eigenvalue weighted by Crippen LogP contribution is 2.25. The lowest BCUT2D eigenvalue weighted by Gasteiger charge is -2.14. The highest BCUT2D eigenvalue weighted by molar-refractivity contribution is 6.03. The number of carbonyl (C=O) groups is 1. The first-order valence-corrected chi connectivity index (χ1v) is 8.65. The van der Waals surface area contributed by atoms with Gasteiger partial charge in [0.2, 0.25) is 5.95 Å². The average Bonchev–Trinajstić information content (AvgIpc) is 3.04. The monoisotopic (exact) mass is 383 g/mol. The second-order valence-electron chi connectivity index (χ2n) is 7.47. The van der Waals surface area contributed by atoms with Crippen molar-refractivity contribution >= 4 is 11.7 Å². The van der Waals surface area contributed by atoms with E-state index in [9.17, 15) is 14.4 Å². The summed E-state index contributed by atoms with van der Waals surface area (Å²) in [4.78, 5) is 42.9. The molecule has 3 rings (SSSR count). The Morgan fingerprint density at radius 2 is 1.93 bits per heavy atom. The number of aromatic nitrogens is 4. The van der Waals surface area contributed by atoms with Crippen LogP contribution in [0.5, 0.6) is 0 Å². The Labute approximate surface area is 160 Å². The van der Waals surface area contributed by atoms with Crippen LogP contribution in [-0.4, -0.2) is 25.7 Å². The molecule has 0 saturated carbocycles. The molecule has 3 heterocycles. The molecule has 0 saturated heterocycles. The van der Waals surface area contributed by atoms with E-state index in [-0.39, 0.29) is 22.5 Å². The van der Waals surface area contributed by atoms with Crippen LogP contribution in [0.15, 0.2) is 38.5 Å². The SMILES string of the molecule is Cc1nc(-n2nc(C(C)(C)C)cc2NC(=O)c2ccc(=O)oc2)[nH]c(=O)c1C. The number of rotatable bonds is 3. The predicted molar refractivity (Wildman–Crippen MR) is 103 cm³/mol. The highest BCUT2D eigenvalue weighted by Gasteiger charge is 2.23. The van der Waals surface area contributed by atoms with Gasteiger partial charge in [0, 0.05) is 28.8 Å². The van der Waals surface area contributed by atoms with Crippen molar-refractivity contribution in [1.29, 1.82) is 0 Å². The van der Waals surface area contributed by atoms with Crippen LogP contribution in [0, 0.1) is 13.8 Å². The zero-order valence-corrected chi connectivity index (χ0v) is 16.3. The Hall–Kier alpha value is -3.49. The van der Waals surface area contributed by atoms with Gasteiger partial charge in [-0.3, -0.25) is 14.6 Å². The van der Waals surface area contributed by atoms with Crippen molar-refractivity contribution in [2.24, 2.45) is 0 Å². The fourth-order valence-corrected chi connectivity index (χ4v) is 2.40. The molecule has 0 bridgehead atoms. The summed E-state index contributed by atoms with van der Waals surface area (Å²) in [5.41, 5.74) is 0.815. The van der Waals surface area contributed by atoms with Crippen LogP contribution in [-0.2, 0) is 5.41 Å². The number of nitrogens with zero attached hydrogens (tertiary/aromatic N) is 3. The molecule has 0 spiro atoms. The van der Waals surface area contributed by atoms with E-state index < -0.39 is 11.5 Å². The van der Waals surface area contributed by atoms with Crippen LogP contribution < -0.4 is 16.5 Å². The second kappa shape index (κ2) is 6.91. The molecule has 146 valence electrons. The Bertz CT molecular complexity index is 1140. The third-order valence-corrected chi connectivity index (χ3v) is 4.27. The van der Waals surface area contributed by atoms with E-state index in [4.69, 9.17) is 4.42 Å². The number of amides is 1. The van der Waals surface area contributed by atoms with Gasteiger partial charge in [-0.25, -0.2) is 9.78 Å². The van der Waals surface area contributed by atoms with E-state index in [0.717, 1.165) is 12.3 Å². The van der Waals surface area contributed by atoms with Crippen molar-refractivity contribution in [2.45, 2.75) is 40.0 Å². The molecule has 1 amide bonds. The van der Waals surface area contributed by atoms with Crippen LogP contribution in [0.25, 0.3) is 5.95 Å². The minimum Gasteiger partial charge on any atom is -0.430 e. The number of carbonyl (C=O) groups excluding carboxylic acids is 1. The van der Waals surface area contributed by atoms with Crippen LogP contribution in [0.4, 0.5) is 5.82 Å². The Kier molecular flexibility index (Phi) is 4.76. The first-order valence-electron chi connectivity index (χ1n) is 8.65. The zero-order valence-electron chi connectivity index (χ0n) is 16.3. The summed E-state index contributed by atoms with van der Waals surface area (Å²) in [5.74, 6) is 0.0301. The third kappa shape index (κ3) is 3.78. The van der Waals surface area contributed by atoms with E-state index in [1.807, 2.05) is 20.8 Å². The molecule has 0 unspecified atom stereocenters. The summed E-state index contributed by atoms with van der Waals surface area (Å²) in [5, 5.41) is 7.25. The number of hydrogen-bond acceptors (Lipinski definition) is 6. The maximum absolute atomic E-state index is 12.5. The van der Waals surface area contributed by atoms with Crippen molar-refractivity contribution in [3.63, 3.8) is 0 Å². The van der Waals surface area contributed by atoms with Crippen LogP contribution in [0.2, 0.25) is 0 Å². The average molecular weight is 383 g/mol. The Morgan fingerprint density at radius 1 is 1.21 bits per heavy atom. The molecular weight excluding hydrogens is 362 g/mol. The number of H-pyrrole nitrogens is 1. The van der Waals surface area contributed by atoms with Gasteiger partial charge in [-0.15, -0.1) is 0 Å². The van der Waals surface area contributed by atoms with Gasteiger partial charge in [-0.2, -0.15) is 9.78 Å². The number of aryl methyl sites for hydroxylation is 1. The van der Waals surface area contributed by atoms with Crippen molar-refractivity contribution in [1.82, 2.24) is 19.7 Å². The fourth-order valence-electron chi connectivity index (χ4n) is 2.40. The molecule has 0 aliphatic heterocycles. The largest absolute Gasteiger partial charge is 0.430 e. The second-order valence-corrected chi connectivity index (χ2v) is 7.47. The van der Waals surface area contributed by atoms with Crippen molar-refractivity contribution in [3.8, 4) is 5.95 Å². The third-order valence-electron chi connectivity index (χ3n) is 4.27. The van der Waals surface area contributed by atoms with Gasteiger partial charge in [0.15, 0.2) is 0 Å². The summed E-state index contributed by atoms with van der Waals surface area (Å²) < 4.78 is 6.12. The molecule has 0 aliphatic carbocycles. The molecule has 0 aliphatic rings. The van der Waals surface area contributed by atoms with Gasteiger partial charge in [-0.1, -0.05) is 20.8 Å². The summed E-state index contributed by atoms with van der Waals surface area (Å²) >= 11 is 0. The van der Waals surface area contributed by atoms with Gasteiger partial charge in [-0.05, 0) is 19.9 Å². The highest BCUT2D eigenvalue weighted by atomic mass is 16.4. The molecule has 3 aromatic rings. The predicted octanol–water partition coefficient (Wildman–Crippen LogP) is 2.08. The first-order chi connectivity index (χ1) is 13.1. The smallest absolute Gasteiger partial charge is 0.335 e. The van der Waals surface area contributed by atoms with Gasteiger partial charge >= 0.3 is 5.63 Å². The standard InChI is InChI=1S/C19H21N5O4/c1-10-11(2)20-18(22-16(10)26)24-14(8-13(23-24)19(3,4)5)21-17(27)12-6-7-15(25)28-9-12/h6-9H,1-5H3,(H,21,27)(H,20,22,26). The Balaban J connectivity index is 2.08. The molecule has 9 heteroatoms. The van der Waals surface area contributed by atoms with Gasteiger partial charge in [0.25, 0.3) is 11.5 Å². The van der Waals surface area contributed by atoms with Crippen LogP contribution in [0.3, 0.4) is 0 Å². The van der Waals surface area contributed by atoms with Gasteiger partial charge in [0.05, 0.1) is 11.3 Å². The lowest BCUT2D eigenvalue weighted by molar-refractivity contribution is 0.102. The fraction of sp³-hybridized carbons (Fsp3) is 0.316. The van der Waals surface area contributed by atoms with E-state index in [1.54, 1.807) is 19.9 Å². The van der Waals surface area contributed by atoms with Gasteiger partial charge < -0.3 is 9.73 Å². The number of hydrogen-bond donors (Lipinski definition) is 2. The molecule has 9 nitrogen and oxygen atoms in total. The maximum atomic E-state index is 12.5. The summed E-state index contributed by atoms with van der Waals surface area (Å²) in [6.07, 6.45) is 1.08. The molecule has 2 N–H and O–H groups in total. The number of nitrogens with one attached hydrogen (secondary N) is 2. The summed E-state index contributed by atoms with van der Waals surface area (Å²) in [7, 11) is 0. The van der Waals surface area contributed by atoms with E-state index in [1.165, 1.54) is 10.7 Å². The van der Waals surface area contributed by atoms with Gasteiger partial charge in [0.1, 0.15) is 12.1 Å². The topological polar surface area (TPSA) is 123 Å². The first kappa shape index (κ1) is 19.3. The Morgan fingerprint density at radius 3 is 2.50 bits per heavy atom. The molecule has 0 radical (unpaired) electrons. The van der Waals surface area contributed by atoms with Crippen molar-refractivity contribution in [2.75, 3.05) is 5.32 Å². The molecular formula is C19H21N5O4. The number of anilines is 1. The molecule has 0 atom stereocenters. The molecule has 28 heavy (non-hydrogen) atoms. The lowest BCUT2D eigenvalue weighted by atomic mass is 9.92. The molecule has 3 aromatic heterocycles. The van der Waals surface area contributed by atoms with Crippen molar-refractivity contribution in [3.05, 3.63) is 67.8 Å². The molecule has 0 fully saturated rings. The van der Waals surface area contributed by atoms with E-state index >= 15 is 0 Å². The van der Waals surface area contributed by atoms with E-state index in [2.05, 4.69) is 20.4 Å². The quantitative estimate of drug-likeness (QED) is 0.714. The van der Waals surface area contributed by atoms with Crippen molar-refractivity contribution < 1.29 is 9.21 Å². The lowest BCUT2D eigenvalue weighted by Crippen LogP contribution is -2.21. The number of aromatic amines is 1. The zero-order chi connectivity index (χ0) is 20.6. The summed E-state index contributed by atoms with van der Waals surface area (Å²) in [6, 6.07) is 4.24. The minimum absolute atomic E-state index is 0.172. The van der Waals surface area contributed by atoms with Crippen LogP contribution in [0.1, 0.15) is 48.1 Å². The normalized spacial score (nSPS) is 11.5. The minimum atomic E-state index is -0.548. The molecule has 0 aromatic carbocycles.